The van der Waals surface area contributed by atoms with Gasteiger partial charge in [-0.15, -0.1) is 11.3 Å². The average molecular weight is 743 g/mol. The summed E-state index contributed by atoms with van der Waals surface area (Å²) in [6.07, 6.45) is 0. The van der Waals surface area contributed by atoms with Crippen molar-refractivity contribution in [2.75, 3.05) is 0 Å². The molecule has 0 aliphatic carbocycles. The van der Waals surface area contributed by atoms with Crippen LogP contribution in [0.2, 0.25) is 0 Å². The predicted octanol–water partition coefficient (Wildman–Crippen LogP) is 15.2. The molecule has 0 unspecified atom stereocenters. The van der Waals surface area contributed by atoms with Crippen LogP contribution in [0, 0.1) is 0 Å². The maximum atomic E-state index is 2.43. The van der Waals surface area contributed by atoms with Crippen LogP contribution in [0.3, 0.4) is 0 Å². The maximum Gasteiger partial charge on any atom is 0.0555 e. The van der Waals surface area contributed by atoms with Crippen LogP contribution in [-0.2, 0) is 0 Å². The summed E-state index contributed by atoms with van der Waals surface area (Å²) in [5.74, 6) is 0. The van der Waals surface area contributed by atoms with Gasteiger partial charge in [0.2, 0.25) is 0 Å². The van der Waals surface area contributed by atoms with Gasteiger partial charge in [0.25, 0.3) is 0 Å². The van der Waals surface area contributed by atoms with E-state index in [2.05, 4.69) is 215 Å². The van der Waals surface area contributed by atoms with E-state index in [9.17, 15) is 0 Å². The number of aromatic nitrogens is 2. The number of hydrogen-bond donors (Lipinski definition) is 0. The summed E-state index contributed by atoms with van der Waals surface area (Å²) in [4.78, 5) is 0. The molecule has 0 fully saturated rings. The van der Waals surface area contributed by atoms with Crippen LogP contribution in [0.15, 0.2) is 206 Å². The second-order valence-corrected chi connectivity index (χ2v) is 16.0. The Hall–Kier alpha value is -7.20. The van der Waals surface area contributed by atoms with Crippen LogP contribution in [0.4, 0.5) is 0 Å². The molecule has 0 bridgehead atoms. The summed E-state index contributed by atoms with van der Waals surface area (Å²) in [6, 6.07) is 75.6. The smallest absolute Gasteiger partial charge is 0.0555 e. The zero-order chi connectivity index (χ0) is 37.5. The van der Waals surface area contributed by atoms with Gasteiger partial charge < -0.3 is 9.13 Å². The van der Waals surface area contributed by atoms with Crippen LogP contribution in [0.5, 0.6) is 0 Å². The van der Waals surface area contributed by atoms with Gasteiger partial charge in [-0.2, -0.15) is 0 Å². The molecule has 2 nitrogen and oxygen atoms in total. The summed E-state index contributed by atoms with van der Waals surface area (Å²) in [5.41, 5.74) is 14.5. The first-order valence-corrected chi connectivity index (χ1v) is 20.3. The summed E-state index contributed by atoms with van der Waals surface area (Å²) in [5, 5.41) is 7.74. The molecule has 0 radical (unpaired) electrons. The Morgan fingerprint density at radius 3 is 1.28 bits per heavy atom. The van der Waals surface area contributed by atoms with Crippen molar-refractivity contribution in [1.82, 2.24) is 9.13 Å². The minimum absolute atomic E-state index is 1.15. The quantitative estimate of drug-likeness (QED) is 0.166. The van der Waals surface area contributed by atoms with Gasteiger partial charge in [-0.25, -0.2) is 0 Å². The largest absolute Gasteiger partial charge is 0.309 e. The van der Waals surface area contributed by atoms with Crippen molar-refractivity contribution in [3.63, 3.8) is 0 Å². The summed E-state index contributed by atoms with van der Waals surface area (Å²) >= 11 is 1.88. The third-order valence-electron chi connectivity index (χ3n) is 11.7. The number of fused-ring (bicyclic) bond motifs is 9. The van der Waals surface area contributed by atoms with Gasteiger partial charge in [0.05, 0.1) is 22.1 Å². The van der Waals surface area contributed by atoms with Gasteiger partial charge >= 0.3 is 0 Å². The minimum Gasteiger partial charge on any atom is -0.309 e. The molecule has 0 aliphatic heterocycles. The number of rotatable bonds is 5. The topological polar surface area (TPSA) is 9.86 Å². The summed E-state index contributed by atoms with van der Waals surface area (Å²) in [6.45, 7) is 0. The summed E-state index contributed by atoms with van der Waals surface area (Å²) in [7, 11) is 0. The molecule has 57 heavy (non-hydrogen) atoms. The van der Waals surface area contributed by atoms with Crippen molar-refractivity contribution in [1.29, 1.82) is 0 Å². The lowest BCUT2D eigenvalue weighted by atomic mass is 10.0. The van der Waals surface area contributed by atoms with E-state index in [0.29, 0.717) is 0 Å². The first kappa shape index (κ1) is 32.1. The van der Waals surface area contributed by atoms with Crippen molar-refractivity contribution in [3.05, 3.63) is 206 Å². The van der Waals surface area contributed by atoms with E-state index in [-0.39, 0.29) is 0 Å². The highest BCUT2D eigenvalue weighted by molar-refractivity contribution is 7.25. The highest BCUT2D eigenvalue weighted by Crippen LogP contribution is 2.41. The molecule has 0 N–H and O–H groups in total. The number of nitrogens with zero attached hydrogens (tertiary/aromatic N) is 2. The molecule has 9 aromatic carbocycles. The van der Waals surface area contributed by atoms with E-state index in [0.717, 1.165) is 11.4 Å². The van der Waals surface area contributed by atoms with E-state index in [4.69, 9.17) is 0 Å². The number of thiophene rings is 1. The van der Waals surface area contributed by atoms with E-state index in [1.54, 1.807) is 0 Å². The molecule has 0 spiro atoms. The Kier molecular flexibility index (Phi) is 7.13. The Morgan fingerprint density at radius 1 is 0.246 bits per heavy atom. The maximum absolute atomic E-state index is 2.43. The number of para-hydroxylation sites is 1. The van der Waals surface area contributed by atoms with E-state index < -0.39 is 0 Å². The van der Waals surface area contributed by atoms with Gasteiger partial charge in [-0.1, -0.05) is 133 Å². The van der Waals surface area contributed by atoms with Gasteiger partial charge in [0.15, 0.2) is 0 Å². The SMILES string of the molecule is c1ccc(-c2ccc3c(c2)c2cc(-c4ccccc4)ccc2n3-c2ccc(-c3ccc(-n4c5ccccc5c5cc6c(cc54)sc4ccccc46)cc3)cc2)cc1. The second-order valence-electron chi connectivity index (χ2n) is 14.9. The van der Waals surface area contributed by atoms with Gasteiger partial charge in [-0.3, -0.25) is 0 Å². The lowest BCUT2D eigenvalue weighted by Crippen LogP contribution is -1.95. The fourth-order valence-electron chi connectivity index (χ4n) is 8.99. The molecular formula is C54H34N2S. The molecule has 3 heterocycles. The number of hydrogen-bond acceptors (Lipinski definition) is 1. The van der Waals surface area contributed by atoms with Crippen molar-refractivity contribution < 1.29 is 0 Å². The molecule has 0 aliphatic rings. The predicted molar refractivity (Wildman–Crippen MR) is 244 cm³/mol. The fraction of sp³-hybridized carbons (Fsp3) is 0. The molecule has 0 saturated heterocycles. The molecule has 0 saturated carbocycles. The van der Waals surface area contributed by atoms with Crippen molar-refractivity contribution in [2.24, 2.45) is 0 Å². The third kappa shape index (κ3) is 5.10. The molecule has 3 aromatic heterocycles. The Morgan fingerprint density at radius 2 is 0.684 bits per heavy atom. The zero-order valence-corrected chi connectivity index (χ0v) is 31.7. The highest BCUT2D eigenvalue weighted by Gasteiger charge is 2.17. The van der Waals surface area contributed by atoms with Crippen LogP contribution in [0.1, 0.15) is 0 Å². The molecule has 12 rings (SSSR count). The van der Waals surface area contributed by atoms with Crippen LogP contribution in [-0.4, -0.2) is 9.13 Å². The molecule has 12 aromatic rings. The lowest BCUT2D eigenvalue weighted by Gasteiger charge is -2.11. The standard InChI is InChI=1S/C54H34N2S/c1-3-11-35(12-4-1)39-23-29-50-45(31-39)46-32-40(36-13-5-2-6-14-36)24-30-51(46)55(50)41-25-19-37(20-26-41)38-21-27-42(28-22-38)56-49-17-9-7-15-43(49)47-33-48-44-16-8-10-18-53(44)57-54(48)34-52(47)56/h1-34H. The van der Waals surface area contributed by atoms with Crippen molar-refractivity contribution >= 4 is 75.1 Å². The Balaban J connectivity index is 0.942. The van der Waals surface area contributed by atoms with Crippen molar-refractivity contribution in [3.8, 4) is 44.8 Å². The van der Waals surface area contributed by atoms with Gasteiger partial charge in [-0.05, 0) is 106 Å². The normalized spacial score (nSPS) is 11.9. The first-order valence-electron chi connectivity index (χ1n) is 19.5. The van der Waals surface area contributed by atoms with E-state index in [1.165, 1.54) is 97.2 Å². The first-order chi connectivity index (χ1) is 28.2. The van der Waals surface area contributed by atoms with Crippen LogP contribution in [0.25, 0.3) is 109 Å². The van der Waals surface area contributed by atoms with E-state index in [1.807, 2.05) is 11.3 Å². The molecule has 266 valence electrons. The Labute approximate surface area is 333 Å². The number of benzene rings is 9. The van der Waals surface area contributed by atoms with Crippen molar-refractivity contribution in [2.45, 2.75) is 0 Å². The Bertz CT molecular complexity index is 3380. The summed E-state index contributed by atoms with van der Waals surface area (Å²) < 4.78 is 7.49. The van der Waals surface area contributed by atoms with Gasteiger partial charge in [0.1, 0.15) is 0 Å². The average Bonchev–Trinajstić information content (AvgIpc) is 3.93. The molecule has 0 atom stereocenters. The molecular weight excluding hydrogens is 709 g/mol. The third-order valence-corrected chi connectivity index (χ3v) is 12.9. The van der Waals surface area contributed by atoms with Crippen LogP contribution < -0.4 is 0 Å². The van der Waals surface area contributed by atoms with Crippen LogP contribution >= 0.6 is 11.3 Å². The lowest BCUT2D eigenvalue weighted by molar-refractivity contribution is 1.18. The minimum atomic E-state index is 1.15. The zero-order valence-electron chi connectivity index (χ0n) is 30.9. The molecule has 3 heteroatoms. The van der Waals surface area contributed by atoms with Gasteiger partial charge in [0, 0.05) is 53.1 Å². The fourth-order valence-corrected chi connectivity index (χ4v) is 10.1. The van der Waals surface area contributed by atoms with E-state index >= 15 is 0 Å². The monoisotopic (exact) mass is 742 g/mol. The highest BCUT2D eigenvalue weighted by atomic mass is 32.1. The molecule has 0 amide bonds. The second kappa shape index (κ2) is 12.7.